The van der Waals surface area contributed by atoms with Crippen molar-refractivity contribution < 1.29 is 32.4 Å². The Kier molecular flexibility index (Phi) is 4.92. The van der Waals surface area contributed by atoms with Gasteiger partial charge in [-0.15, -0.1) is 0 Å². The van der Waals surface area contributed by atoms with Crippen LogP contribution in [-0.2, 0) is 15.8 Å². The van der Waals surface area contributed by atoms with Gasteiger partial charge in [-0.2, -0.15) is 13.2 Å². The van der Waals surface area contributed by atoms with Gasteiger partial charge in [-0.3, -0.25) is 14.9 Å². The summed E-state index contributed by atoms with van der Waals surface area (Å²) in [7, 11) is 0. The monoisotopic (exact) mass is 383 g/mol. The average molecular weight is 383 g/mol. The Morgan fingerprint density at radius 3 is 2.70 bits per heavy atom. The summed E-state index contributed by atoms with van der Waals surface area (Å²) in [4.78, 5) is 25.7. The molecular weight excluding hydrogens is 367 g/mol. The van der Waals surface area contributed by atoms with Crippen LogP contribution in [0.15, 0.2) is 34.9 Å². The van der Waals surface area contributed by atoms with Gasteiger partial charge in [0.05, 0.1) is 17.7 Å². The van der Waals surface area contributed by atoms with Crippen LogP contribution in [-0.4, -0.2) is 39.6 Å². The highest BCUT2D eigenvalue weighted by molar-refractivity contribution is 6.39. The third-order valence-electron chi connectivity index (χ3n) is 4.20. The molecule has 0 saturated carbocycles. The zero-order valence-electron chi connectivity index (χ0n) is 14.2. The van der Waals surface area contributed by atoms with Crippen LogP contribution in [0, 0.1) is 6.92 Å². The molecule has 3 rings (SSSR count). The first-order valence-corrected chi connectivity index (χ1v) is 8.05. The van der Waals surface area contributed by atoms with Gasteiger partial charge in [0.25, 0.3) is 0 Å². The van der Waals surface area contributed by atoms with Crippen molar-refractivity contribution in [2.45, 2.75) is 31.7 Å². The molecule has 2 atom stereocenters. The Hall–Kier alpha value is -2.88. The zero-order valence-corrected chi connectivity index (χ0v) is 14.2. The summed E-state index contributed by atoms with van der Waals surface area (Å²) in [6, 6.07) is 5.05. The Bertz CT molecular complexity index is 865. The number of aliphatic hydroxyl groups excluding tert-OH is 1. The minimum absolute atomic E-state index is 0.0311. The fourth-order valence-electron chi connectivity index (χ4n) is 3.00. The fraction of sp³-hybridized carbons (Fsp3) is 0.353. The van der Waals surface area contributed by atoms with E-state index in [1.54, 1.807) is 6.92 Å². The van der Waals surface area contributed by atoms with Crippen LogP contribution < -0.4 is 5.32 Å². The number of carbonyl (C=O) groups excluding carboxylic acids is 2. The number of amides is 2. The molecule has 144 valence electrons. The minimum Gasteiger partial charge on any atom is -0.391 e. The second-order valence-electron chi connectivity index (χ2n) is 6.26. The number of nitrogens with zero attached hydrogens (tertiary/aromatic N) is 2. The third-order valence-corrected chi connectivity index (χ3v) is 4.20. The van der Waals surface area contributed by atoms with Crippen LogP contribution in [0.2, 0.25) is 0 Å². The summed E-state index contributed by atoms with van der Waals surface area (Å²) >= 11 is 0. The van der Waals surface area contributed by atoms with E-state index >= 15 is 0 Å². The summed E-state index contributed by atoms with van der Waals surface area (Å²) < 4.78 is 43.6. The lowest BCUT2D eigenvalue weighted by molar-refractivity contribution is -0.144. The SMILES string of the molecule is Cc1cc(NC(=O)C(=O)N2C[C@@H](O)C[C@@H]2c2cccc(C(F)(F)F)c2)no1. The van der Waals surface area contributed by atoms with Crippen LogP contribution in [0.5, 0.6) is 0 Å². The van der Waals surface area contributed by atoms with Gasteiger partial charge in [-0.1, -0.05) is 17.3 Å². The van der Waals surface area contributed by atoms with E-state index in [9.17, 15) is 27.9 Å². The highest BCUT2D eigenvalue weighted by Gasteiger charge is 2.39. The van der Waals surface area contributed by atoms with E-state index in [-0.39, 0.29) is 24.3 Å². The second kappa shape index (κ2) is 7.03. The molecule has 2 N–H and O–H groups in total. The van der Waals surface area contributed by atoms with Crippen LogP contribution in [0.4, 0.5) is 19.0 Å². The van der Waals surface area contributed by atoms with Crippen LogP contribution in [0.1, 0.15) is 29.3 Å². The summed E-state index contributed by atoms with van der Waals surface area (Å²) in [5.41, 5.74) is -0.670. The molecule has 1 aliphatic rings. The standard InChI is InChI=1S/C17H16F3N3O4/c1-9-5-14(22-27-9)21-15(25)16(26)23-8-12(24)7-13(23)10-3-2-4-11(6-10)17(18,19)20/h2-6,12-13,24H,7-8H2,1H3,(H,21,22,25)/t12-,13+/m0/s1. The minimum atomic E-state index is -4.54. The lowest BCUT2D eigenvalue weighted by Gasteiger charge is -2.24. The first kappa shape index (κ1) is 18.9. The van der Waals surface area contributed by atoms with Crippen LogP contribution >= 0.6 is 0 Å². The van der Waals surface area contributed by atoms with Crippen molar-refractivity contribution in [2.75, 3.05) is 11.9 Å². The van der Waals surface area contributed by atoms with Gasteiger partial charge in [0.2, 0.25) is 0 Å². The maximum atomic E-state index is 12.9. The fourth-order valence-corrected chi connectivity index (χ4v) is 3.00. The predicted octanol–water partition coefficient (Wildman–Crippen LogP) is 2.27. The lowest BCUT2D eigenvalue weighted by atomic mass is 10.0. The molecule has 10 heteroatoms. The molecular formula is C17H16F3N3O4. The van der Waals surface area contributed by atoms with Crippen molar-refractivity contribution in [1.82, 2.24) is 10.1 Å². The van der Waals surface area contributed by atoms with Crippen molar-refractivity contribution in [3.05, 3.63) is 47.2 Å². The van der Waals surface area contributed by atoms with Crippen molar-refractivity contribution in [2.24, 2.45) is 0 Å². The van der Waals surface area contributed by atoms with Crippen molar-refractivity contribution >= 4 is 17.6 Å². The molecule has 2 aromatic rings. The number of β-amino-alcohol motifs (C(OH)–C–C–N with tert-alkyl or cyclic N) is 1. The zero-order chi connectivity index (χ0) is 19.8. The van der Waals surface area contributed by atoms with Crippen LogP contribution in [0.25, 0.3) is 0 Å². The van der Waals surface area contributed by atoms with Gasteiger partial charge in [-0.05, 0) is 31.0 Å². The van der Waals surface area contributed by atoms with E-state index in [0.29, 0.717) is 5.76 Å². The molecule has 2 heterocycles. The molecule has 0 spiro atoms. The van der Waals surface area contributed by atoms with Gasteiger partial charge in [-0.25, -0.2) is 0 Å². The number of likely N-dealkylation sites (tertiary alicyclic amines) is 1. The maximum absolute atomic E-state index is 12.9. The van der Waals surface area contributed by atoms with Crippen LogP contribution in [0.3, 0.4) is 0 Å². The molecule has 1 aromatic carbocycles. The number of aryl methyl sites for hydroxylation is 1. The Balaban J connectivity index is 1.81. The third kappa shape index (κ3) is 4.11. The smallest absolute Gasteiger partial charge is 0.391 e. The molecule has 1 aliphatic heterocycles. The Morgan fingerprint density at radius 1 is 1.33 bits per heavy atom. The number of aromatic nitrogens is 1. The highest BCUT2D eigenvalue weighted by atomic mass is 19.4. The number of hydrogen-bond donors (Lipinski definition) is 2. The summed E-state index contributed by atoms with van der Waals surface area (Å²) in [5.74, 6) is -1.53. The van der Waals surface area contributed by atoms with Gasteiger partial charge in [0, 0.05) is 12.6 Å². The average Bonchev–Trinajstić information content (AvgIpc) is 3.19. The molecule has 1 fully saturated rings. The normalized spacial score (nSPS) is 20.0. The molecule has 2 amide bonds. The first-order valence-electron chi connectivity index (χ1n) is 8.05. The largest absolute Gasteiger partial charge is 0.416 e. The number of rotatable bonds is 2. The quantitative estimate of drug-likeness (QED) is 0.776. The second-order valence-corrected chi connectivity index (χ2v) is 6.26. The number of nitrogens with one attached hydrogen (secondary N) is 1. The summed E-state index contributed by atoms with van der Waals surface area (Å²) in [5, 5.41) is 15.7. The van der Waals surface area contributed by atoms with E-state index in [4.69, 9.17) is 4.52 Å². The van der Waals surface area contributed by atoms with Gasteiger partial charge in [0.15, 0.2) is 5.82 Å². The molecule has 1 aromatic heterocycles. The number of benzene rings is 1. The van der Waals surface area contributed by atoms with Gasteiger partial charge in [0.1, 0.15) is 5.76 Å². The predicted molar refractivity (Wildman–Crippen MR) is 86.4 cm³/mol. The van der Waals surface area contributed by atoms with E-state index in [1.807, 2.05) is 0 Å². The maximum Gasteiger partial charge on any atom is 0.416 e. The highest BCUT2D eigenvalue weighted by Crippen LogP contribution is 2.36. The lowest BCUT2D eigenvalue weighted by Crippen LogP contribution is -2.40. The van der Waals surface area contributed by atoms with E-state index < -0.39 is 35.7 Å². The molecule has 0 radical (unpaired) electrons. The molecule has 0 bridgehead atoms. The Morgan fingerprint density at radius 2 is 2.07 bits per heavy atom. The summed E-state index contributed by atoms with van der Waals surface area (Å²) in [6.07, 6.45) is -5.45. The Labute approximate surface area is 151 Å². The number of aliphatic hydroxyl groups is 1. The van der Waals surface area contributed by atoms with Gasteiger partial charge < -0.3 is 14.5 Å². The molecule has 27 heavy (non-hydrogen) atoms. The summed E-state index contributed by atoms with van der Waals surface area (Å²) in [6.45, 7) is 1.44. The number of carbonyl (C=O) groups is 2. The topological polar surface area (TPSA) is 95.7 Å². The molecule has 1 saturated heterocycles. The number of halogens is 3. The van der Waals surface area contributed by atoms with Crippen molar-refractivity contribution in [1.29, 1.82) is 0 Å². The van der Waals surface area contributed by atoms with Crippen molar-refractivity contribution in [3.63, 3.8) is 0 Å². The molecule has 7 nitrogen and oxygen atoms in total. The molecule has 0 unspecified atom stereocenters. The first-order chi connectivity index (χ1) is 12.6. The van der Waals surface area contributed by atoms with Crippen molar-refractivity contribution in [3.8, 4) is 0 Å². The van der Waals surface area contributed by atoms with Gasteiger partial charge >= 0.3 is 18.0 Å². The molecule has 0 aliphatic carbocycles. The number of anilines is 1. The number of alkyl halides is 3. The van der Waals surface area contributed by atoms with E-state index in [1.165, 1.54) is 18.2 Å². The van der Waals surface area contributed by atoms with E-state index in [2.05, 4.69) is 10.5 Å². The number of hydrogen-bond acceptors (Lipinski definition) is 5. The van der Waals surface area contributed by atoms with E-state index in [0.717, 1.165) is 17.0 Å².